The van der Waals surface area contributed by atoms with Crippen molar-refractivity contribution >= 4 is 23.4 Å². The molecule has 0 fully saturated rings. The second-order valence-electron chi connectivity index (χ2n) is 7.24. The summed E-state index contributed by atoms with van der Waals surface area (Å²) in [5.41, 5.74) is 2.10. The number of ether oxygens (including phenoxy) is 1. The number of hydrogen-bond acceptors (Lipinski definition) is 3. The van der Waals surface area contributed by atoms with Crippen LogP contribution in [-0.2, 0) is 16.1 Å². The largest absolute Gasteiger partial charge is 0.484 e. The first-order chi connectivity index (χ1) is 13.8. The van der Waals surface area contributed by atoms with Crippen LogP contribution in [-0.4, -0.2) is 35.4 Å². The van der Waals surface area contributed by atoms with Crippen LogP contribution in [0.15, 0.2) is 48.5 Å². The molecule has 1 N–H and O–H groups in total. The van der Waals surface area contributed by atoms with Crippen LogP contribution in [0, 0.1) is 6.92 Å². The molecule has 2 rings (SSSR count). The summed E-state index contributed by atoms with van der Waals surface area (Å²) in [5, 5.41) is 3.55. The number of aryl methyl sites for hydroxylation is 1. The Balaban J connectivity index is 2.13. The molecule has 2 aromatic rings. The maximum Gasteiger partial charge on any atom is 0.261 e. The Labute approximate surface area is 178 Å². The lowest BCUT2D eigenvalue weighted by molar-refractivity contribution is -0.142. The van der Waals surface area contributed by atoms with Crippen LogP contribution in [0.4, 0.5) is 0 Å². The third-order valence-corrected chi connectivity index (χ3v) is 5.07. The van der Waals surface area contributed by atoms with Crippen LogP contribution < -0.4 is 10.1 Å². The Kier molecular flexibility index (Phi) is 8.52. The quantitative estimate of drug-likeness (QED) is 0.660. The van der Waals surface area contributed by atoms with Gasteiger partial charge in [-0.15, -0.1) is 0 Å². The van der Waals surface area contributed by atoms with Crippen molar-refractivity contribution in [3.8, 4) is 5.75 Å². The van der Waals surface area contributed by atoms with E-state index < -0.39 is 6.04 Å². The number of nitrogens with one attached hydrogen (secondary N) is 1. The van der Waals surface area contributed by atoms with Gasteiger partial charge in [-0.3, -0.25) is 9.59 Å². The van der Waals surface area contributed by atoms with E-state index in [1.807, 2.05) is 45.0 Å². The van der Waals surface area contributed by atoms with Crippen molar-refractivity contribution in [3.63, 3.8) is 0 Å². The normalized spacial score (nSPS) is 12.7. The first kappa shape index (κ1) is 22.8. The van der Waals surface area contributed by atoms with Gasteiger partial charge in [0.15, 0.2) is 6.61 Å². The summed E-state index contributed by atoms with van der Waals surface area (Å²) >= 11 is 5.88. The second kappa shape index (κ2) is 10.9. The molecule has 0 aliphatic rings. The van der Waals surface area contributed by atoms with Crippen LogP contribution in [0.25, 0.3) is 0 Å². The summed E-state index contributed by atoms with van der Waals surface area (Å²) in [6, 6.07) is 14.2. The molecule has 0 unspecified atom stereocenters. The highest BCUT2D eigenvalue weighted by Gasteiger charge is 2.27. The van der Waals surface area contributed by atoms with Gasteiger partial charge in [0.05, 0.1) is 0 Å². The predicted molar refractivity (Wildman–Crippen MR) is 116 cm³/mol. The summed E-state index contributed by atoms with van der Waals surface area (Å²) in [6.45, 7) is 7.87. The minimum absolute atomic E-state index is 0.0478. The van der Waals surface area contributed by atoms with Gasteiger partial charge >= 0.3 is 0 Å². The van der Waals surface area contributed by atoms with Crippen LogP contribution in [0.1, 0.15) is 38.3 Å². The molecule has 0 heterocycles. The molecule has 0 aromatic heterocycles. The highest BCUT2D eigenvalue weighted by molar-refractivity contribution is 6.30. The number of amides is 2. The van der Waals surface area contributed by atoms with Gasteiger partial charge in [-0.1, -0.05) is 48.4 Å². The van der Waals surface area contributed by atoms with Gasteiger partial charge in [-0.25, -0.2) is 0 Å². The van der Waals surface area contributed by atoms with E-state index in [1.54, 1.807) is 36.1 Å². The summed E-state index contributed by atoms with van der Waals surface area (Å²) in [6.07, 6.45) is 0.823. The fourth-order valence-corrected chi connectivity index (χ4v) is 2.82. The van der Waals surface area contributed by atoms with Crippen molar-refractivity contribution in [2.24, 2.45) is 0 Å². The van der Waals surface area contributed by atoms with Crippen molar-refractivity contribution < 1.29 is 14.3 Å². The summed E-state index contributed by atoms with van der Waals surface area (Å²) in [4.78, 5) is 27.2. The molecule has 5 nitrogen and oxygen atoms in total. The Bertz CT molecular complexity index is 806. The maximum absolute atomic E-state index is 13.0. The van der Waals surface area contributed by atoms with Crippen LogP contribution in [0.3, 0.4) is 0 Å². The van der Waals surface area contributed by atoms with Crippen molar-refractivity contribution in [3.05, 3.63) is 64.7 Å². The van der Waals surface area contributed by atoms with E-state index in [1.165, 1.54) is 0 Å². The number of halogens is 1. The van der Waals surface area contributed by atoms with Crippen LogP contribution >= 0.6 is 11.6 Å². The number of carbonyl (C=O) groups is 2. The maximum atomic E-state index is 13.0. The predicted octanol–water partition coefficient (Wildman–Crippen LogP) is 4.36. The molecule has 0 saturated heterocycles. The number of benzene rings is 2. The molecule has 0 saturated carbocycles. The van der Waals surface area contributed by atoms with E-state index in [0.717, 1.165) is 17.5 Å². The molecule has 0 bridgehead atoms. The minimum Gasteiger partial charge on any atom is -0.484 e. The smallest absolute Gasteiger partial charge is 0.261 e. The second-order valence-corrected chi connectivity index (χ2v) is 7.68. The lowest BCUT2D eigenvalue weighted by Gasteiger charge is -2.29. The van der Waals surface area contributed by atoms with Crippen molar-refractivity contribution in [2.75, 3.05) is 6.61 Å². The fraction of sp³-hybridized carbons (Fsp3) is 0.391. The number of nitrogens with zero attached hydrogens (tertiary/aromatic N) is 1. The molecule has 2 aromatic carbocycles. The van der Waals surface area contributed by atoms with Gasteiger partial charge in [-0.2, -0.15) is 0 Å². The first-order valence-corrected chi connectivity index (χ1v) is 10.2. The van der Waals surface area contributed by atoms with Gasteiger partial charge in [0, 0.05) is 17.6 Å². The molecule has 0 aliphatic carbocycles. The summed E-state index contributed by atoms with van der Waals surface area (Å²) in [7, 11) is 0. The molecule has 2 atom stereocenters. The van der Waals surface area contributed by atoms with Gasteiger partial charge in [-0.05, 0) is 57.0 Å². The Morgan fingerprint density at radius 1 is 1.07 bits per heavy atom. The van der Waals surface area contributed by atoms with Crippen LogP contribution in [0.5, 0.6) is 5.75 Å². The zero-order chi connectivity index (χ0) is 21.4. The lowest BCUT2D eigenvalue weighted by Crippen LogP contribution is -2.50. The Morgan fingerprint density at radius 3 is 2.28 bits per heavy atom. The van der Waals surface area contributed by atoms with Crippen LogP contribution in [0.2, 0.25) is 5.02 Å². The average molecular weight is 417 g/mol. The SMILES string of the molecule is CC[C@@H](C)NC(=O)[C@H](C)N(Cc1ccc(C)cc1)C(=O)COc1ccc(Cl)cc1. The molecule has 29 heavy (non-hydrogen) atoms. The van der Waals surface area contributed by atoms with E-state index in [2.05, 4.69) is 5.32 Å². The molecular weight excluding hydrogens is 388 g/mol. The number of carbonyl (C=O) groups excluding carboxylic acids is 2. The molecule has 0 aliphatic heterocycles. The monoisotopic (exact) mass is 416 g/mol. The number of rotatable bonds is 9. The molecule has 2 amide bonds. The van der Waals surface area contributed by atoms with E-state index in [-0.39, 0.29) is 24.5 Å². The van der Waals surface area contributed by atoms with Gasteiger partial charge < -0.3 is 15.0 Å². The van der Waals surface area contributed by atoms with E-state index in [4.69, 9.17) is 16.3 Å². The third kappa shape index (κ3) is 7.09. The number of hydrogen-bond donors (Lipinski definition) is 1. The molecule has 156 valence electrons. The van der Waals surface area contributed by atoms with E-state index in [0.29, 0.717) is 17.3 Å². The summed E-state index contributed by atoms with van der Waals surface area (Å²) in [5.74, 6) is 0.119. The Hall–Kier alpha value is -2.53. The standard InChI is InChI=1S/C23H29ClN2O3/c1-5-17(3)25-23(28)18(4)26(14-19-8-6-16(2)7-9-19)22(27)15-29-21-12-10-20(24)11-13-21/h6-13,17-18H,5,14-15H2,1-4H3,(H,25,28)/t17-,18+/m1/s1. The topological polar surface area (TPSA) is 58.6 Å². The molecular formula is C23H29ClN2O3. The average Bonchev–Trinajstić information content (AvgIpc) is 2.72. The van der Waals surface area contributed by atoms with E-state index in [9.17, 15) is 9.59 Å². The van der Waals surface area contributed by atoms with Crippen molar-refractivity contribution in [2.45, 2.75) is 52.7 Å². The molecule has 0 spiro atoms. The van der Waals surface area contributed by atoms with Crippen molar-refractivity contribution in [1.29, 1.82) is 0 Å². The lowest BCUT2D eigenvalue weighted by atomic mass is 10.1. The summed E-state index contributed by atoms with van der Waals surface area (Å²) < 4.78 is 5.61. The van der Waals surface area contributed by atoms with Gasteiger partial charge in [0.25, 0.3) is 5.91 Å². The molecule has 0 radical (unpaired) electrons. The van der Waals surface area contributed by atoms with E-state index >= 15 is 0 Å². The zero-order valence-electron chi connectivity index (χ0n) is 17.4. The fourth-order valence-electron chi connectivity index (χ4n) is 2.70. The minimum atomic E-state index is -0.619. The third-order valence-electron chi connectivity index (χ3n) is 4.82. The first-order valence-electron chi connectivity index (χ1n) is 9.84. The Morgan fingerprint density at radius 2 is 1.69 bits per heavy atom. The molecule has 6 heteroatoms. The zero-order valence-corrected chi connectivity index (χ0v) is 18.2. The highest BCUT2D eigenvalue weighted by Crippen LogP contribution is 2.16. The highest BCUT2D eigenvalue weighted by atomic mass is 35.5. The van der Waals surface area contributed by atoms with Gasteiger partial charge in [0.1, 0.15) is 11.8 Å². The van der Waals surface area contributed by atoms with Gasteiger partial charge in [0.2, 0.25) is 5.91 Å². The van der Waals surface area contributed by atoms with Crippen molar-refractivity contribution in [1.82, 2.24) is 10.2 Å².